The summed E-state index contributed by atoms with van der Waals surface area (Å²) in [6, 6.07) is 0. The van der Waals surface area contributed by atoms with E-state index in [1.54, 1.807) is 6.20 Å². The lowest BCUT2D eigenvalue weighted by molar-refractivity contribution is -0.146. The van der Waals surface area contributed by atoms with E-state index < -0.39 is 0 Å². The van der Waals surface area contributed by atoms with Gasteiger partial charge in [-0.2, -0.15) is 0 Å². The van der Waals surface area contributed by atoms with Gasteiger partial charge in [-0.05, 0) is 13.8 Å². The van der Waals surface area contributed by atoms with Crippen LogP contribution >= 0.6 is 0 Å². The summed E-state index contributed by atoms with van der Waals surface area (Å²) >= 11 is 0. The highest BCUT2D eigenvalue weighted by atomic mass is 16.5. The molecule has 1 heterocycles. The molecule has 1 unspecified atom stereocenters. The molecule has 1 rings (SSSR count). The molecular formula is C9H14N2O2. The fourth-order valence-electron chi connectivity index (χ4n) is 1.19. The number of hydrogen-bond acceptors (Lipinski definition) is 3. The van der Waals surface area contributed by atoms with Crippen molar-refractivity contribution in [2.45, 2.75) is 33.4 Å². The topological polar surface area (TPSA) is 44.1 Å². The van der Waals surface area contributed by atoms with Gasteiger partial charge in [0.2, 0.25) is 0 Å². The van der Waals surface area contributed by atoms with Crippen LogP contribution < -0.4 is 0 Å². The molecule has 0 aliphatic carbocycles. The fraction of sp³-hybridized carbons (Fsp3) is 0.556. The minimum Gasteiger partial charge on any atom is -0.461 e. The first-order valence-corrected chi connectivity index (χ1v) is 4.24. The van der Waals surface area contributed by atoms with Gasteiger partial charge in [-0.15, -0.1) is 0 Å². The summed E-state index contributed by atoms with van der Waals surface area (Å²) in [6.07, 6.45) is 3.50. The van der Waals surface area contributed by atoms with Crippen LogP contribution in [0.1, 0.15) is 19.7 Å². The highest BCUT2D eigenvalue weighted by molar-refractivity contribution is 5.66. The molecule has 0 amide bonds. The number of carbonyl (C=O) groups excluding carboxylic acids is 1. The molecule has 4 nitrogen and oxygen atoms in total. The number of aromatic nitrogens is 2. The Kier molecular flexibility index (Phi) is 3.06. The minimum atomic E-state index is -0.245. The highest BCUT2D eigenvalue weighted by Gasteiger charge is 2.07. The Balaban J connectivity index is 2.49. The van der Waals surface area contributed by atoms with Gasteiger partial charge in [0.15, 0.2) is 0 Å². The van der Waals surface area contributed by atoms with Gasteiger partial charge < -0.3 is 9.30 Å². The Labute approximate surface area is 77.5 Å². The van der Waals surface area contributed by atoms with E-state index in [4.69, 9.17) is 4.74 Å². The summed E-state index contributed by atoms with van der Waals surface area (Å²) in [6.45, 7) is 5.85. The maximum atomic E-state index is 10.6. The monoisotopic (exact) mass is 182 g/mol. The van der Waals surface area contributed by atoms with Crippen molar-refractivity contribution in [1.29, 1.82) is 0 Å². The lowest BCUT2D eigenvalue weighted by Gasteiger charge is -2.13. The molecule has 0 aromatic carbocycles. The summed E-state index contributed by atoms with van der Waals surface area (Å²) < 4.78 is 6.94. The first kappa shape index (κ1) is 9.77. The van der Waals surface area contributed by atoms with Gasteiger partial charge in [-0.25, -0.2) is 4.98 Å². The molecule has 0 aliphatic rings. The van der Waals surface area contributed by atoms with Gasteiger partial charge in [0.05, 0.1) is 6.54 Å². The molecule has 4 heteroatoms. The SMILES string of the molecule is CC(=O)OC(C)Cn1ccnc1C. The molecule has 0 bridgehead atoms. The van der Waals surface area contributed by atoms with Crippen molar-refractivity contribution < 1.29 is 9.53 Å². The van der Waals surface area contributed by atoms with E-state index in [0.29, 0.717) is 6.54 Å². The van der Waals surface area contributed by atoms with Crippen molar-refractivity contribution in [1.82, 2.24) is 9.55 Å². The summed E-state index contributed by atoms with van der Waals surface area (Å²) in [4.78, 5) is 14.7. The predicted octanol–water partition coefficient (Wildman–Crippen LogP) is 1.14. The van der Waals surface area contributed by atoms with Gasteiger partial charge in [-0.3, -0.25) is 4.79 Å². The van der Waals surface area contributed by atoms with Crippen LogP contribution in [-0.4, -0.2) is 21.6 Å². The van der Waals surface area contributed by atoms with Gasteiger partial charge in [0, 0.05) is 19.3 Å². The molecule has 1 aromatic rings. The molecule has 1 aromatic heterocycles. The van der Waals surface area contributed by atoms with E-state index in [0.717, 1.165) is 5.82 Å². The number of nitrogens with zero attached hydrogens (tertiary/aromatic N) is 2. The quantitative estimate of drug-likeness (QED) is 0.658. The van der Waals surface area contributed by atoms with E-state index in [9.17, 15) is 4.79 Å². The third-order valence-corrected chi connectivity index (χ3v) is 1.74. The third kappa shape index (κ3) is 2.89. The maximum absolute atomic E-state index is 10.6. The molecule has 0 spiro atoms. The van der Waals surface area contributed by atoms with Crippen molar-refractivity contribution in [3.8, 4) is 0 Å². The van der Waals surface area contributed by atoms with Crippen LogP contribution in [0, 0.1) is 6.92 Å². The predicted molar refractivity (Wildman–Crippen MR) is 48.2 cm³/mol. The standard InChI is InChI=1S/C9H14N2O2/c1-7(13-9(3)12)6-11-5-4-10-8(11)2/h4-5,7H,6H2,1-3H3. The van der Waals surface area contributed by atoms with E-state index >= 15 is 0 Å². The molecule has 0 saturated carbocycles. The fourth-order valence-corrected chi connectivity index (χ4v) is 1.19. The molecule has 13 heavy (non-hydrogen) atoms. The Morgan fingerprint density at radius 2 is 2.46 bits per heavy atom. The zero-order valence-corrected chi connectivity index (χ0v) is 8.15. The summed E-state index contributed by atoms with van der Waals surface area (Å²) in [5, 5.41) is 0. The van der Waals surface area contributed by atoms with Gasteiger partial charge >= 0.3 is 5.97 Å². The van der Waals surface area contributed by atoms with Crippen molar-refractivity contribution >= 4 is 5.97 Å². The van der Waals surface area contributed by atoms with Crippen LogP contribution in [0.3, 0.4) is 0 Å². The normalized spacial score (nSPS) is 12.5. The van der Waals surface area contributed by atoms with E-state index in [1.165, 1.54) is 6.92 Å². The Bertz CT molecular complexity index is 294. The average molecular weight is 182 g/mol. The number of imidazole rings is 1. The van der Waals surface area contributed by atoms with Crippen LogP contribution in [0.4, 0.5) is 0 Å². The smallest absolute Gasteiger partial charge is 0.302 e. The molecule has 0 saturated heterocycles. The number of aryl methyl sites for hydroxylation is 1. The molecule has 0 fully saturated rings. The number of hydrogen-bond donors (Lipinski definition) is 0. The number of rotatable bonds is 3. The first-order chi connectivity index (χ1) is 6.09. The van der Waals surface area contributed by atoms with Crippen LogP contribution in [0.2, 0.25) is 0 Å². The second-order valence-corrected chi connectivity index (χ2v) is 3.05. The van der Waals surface area contributed by atoms with Crippen LogP contribution in [0.25, 0.3) is 0 Å². The van der Waals surface area contributed by atoms with E-state index in [1.807, 2.05) is 24.6 Å². The zero-order chi connectivity index (χ0) is 9.84. The Hall–Kier alpha value is -1.32. The molecule has 1 atom stereocenters. The molecule has 0 aliphatic heterocycles. The first-order valence-electron chi connectivity index (χ1n) is 4.24. The highest BCUT2D eigenvalue weighted by Crippen LogP contribution is 2.00. The maximum Gasteiger partial charge on any atom is 0.302 e. The van der Waals surface area contributed by atoms with Crippen LogP contribution in [0.5, 0.6) is 0 Å². The largest absolute Gasteiger partial charge is 0.461 e. The number of ether oxygens (including phenoxy) is 1. The second-order valence-electron chi connectivity index (χ2n) is 3.05. The molecule has 0 radical (unpaired) electrons. The molecule has 72 valence electrons. The van der Waals surface area contributed by atoms with Crippen LogP contribution in [-0.2, 0) is 16.1 Å². The minimum absolute atomic E-state index is 0.106. The average Bonchev–Trinajstić information content (AvgIpc) is 2.34. The summed E-state index contributed by atoms with van der Waals surface area (Å²) in [5.41, 5.74) is 0. The van der Waals surface area contributed by atoms with Gasteiger partial charge in [0.25, 0.3) is 0 Å². The lowest BCUT2D eigenvalue weighted by Crippen LogP contribution is -2.19. The molecule has 0 N–H and O–H groups in total. The summed E-state index contributed by atoms with van der Waals surface area (Å²) in [7, 11) is 0. The van der Waals surface area contributed by atoms with Crippen molar-refractivity contribution in [2.75, 3.05) is 0 Å². The van der Waals surface area contributed by atoms with Crippen molar-refractivity contribution in [3.63, 3.8) is 0 Å². The summed E-state index contributed by atoms with van der Waals surface area (Å²) in [5.74, 6) is 0.685. The van der Waals surface area contributed by atoms with Gasteiger partial charge in [0.1, 0.15) is 11.9 Å². The van der Waals surface area contributed by atoms with E-state index in [2.05, 4.69) is 4.98 Å². The van der Waals surface area contributed by atoms with Crippen molar-refractivity contribution in [2.24, 2.45) is 0 Å². The van der Waals surface area contributed by atoms with E-state index in [-0.39, 0.29) is 12.1 Å². The number of carbonyl (C=O) groups is 1. The van der Waals surface area contributed by atoms with Gasteiger partial charge in [-0.1, -0.05) is 0 Å². The Morgan fingerprint density at radius 1 is 1.77 bits per heavy atom. The zero-order valence-electron chi connectivity index (χ0n) is 8.15. The second kappa shape index (κ2) is 4.07. The third-order valence-electron chi connectivity index (χ3n) is 1.74. The number of esters is 1. The Morgan fingerprint density at radius 3 is 2.92 bits per heavy atom. The molecular weight excluding hydrogens is 168 g/mol. The lowest BCUT2D eigenvalue weighted by atomic mass is 10.4. The van der Waals surface area contributed by atoms with Crippen LogP contribution in [0.15, 0.2) is 12.4 Å². The van der Waals surface area contributed by atoms with Crippen molar-refractivity contribution in [3.05, 3.63) is 18.2 Å².